The molecule has 17 heavy (non-hydrogen) atoms. The summed E-state index contributed by atoms with van der Waals surface area (Å²) in [6, 6.07) is 9.73. The fraction of sp³-hybridized carbons (Fsp3) is 0.231. The van der Waals surface area contributed by atoms with Gasteiger partial charge in [0.1, 0.15) is 5.01 Å². The number of rotatable bonds is 4. The lowest BCUT2D eigenvalue weighted by Gasteiger charge is -2.02. The average molecular weight is 243 g/mol. The molecule has 0 aliphatic carbocycles. The molecule has 1 N–H and O–H groups in total. The molecule has 4 heteroatoms. The molecule has 0 atom stereocenters. The van der Waals surface area contributed by atoms with Gasteiger partial charge in [-0.3, -0.25) is 0 Å². The molecular formula is C13H13N3S. The molecule has 3 nitrogen and oxygen atoms in total. The Bertz CT molecular complexity index is 522. The summed E-state index contributed by atoms with van der Waals surface area (Å²) in [6.07, 6.45) is 1.89. The SMILES string of the molecule is Cc1cnc(CNCc2ccc(C#N)cc2)s1. The Hall–Kier alpha value is -1.70. The Labute approximate surface area is 105 Å². The Morgan fingerprint density at radius 3 is 2.65 bits per heavy atom. The second kappa shape index (κ2) is 5.58. The van der Waals surface area contributed by atoms with Crippen LogP contribution in [-0.2, 0) is 13.1 Å². The lowest BCUT2D eigenvalue weighted by molar-refractivity contribution is 0.690. The zero-order valence-electron chi connectivity index (χ0n) is 9.60. The van der Waals surface area contributed by atoms with Gasteiger partial charge in [0.05, 0.1) is 11.6 Å². The highest BCUT2D eigenvalue weighted by molar-refractivity contribution is 7.11. The molecular weight excluding hydrogens is 230 g/mol. The third-order valence-corrected chi connectivity index (χ3v) is 3.27. The van der Waals surface area contributed by atoms with E-state index in [4.69, 9.17) is 5.26 Å². The minimum absolute atomic E-state index is 0.698. The van der Waals surface area contributed by atoms with Gasteiger partial charge in [-0.05, 0) is 24.6 Å². The van der Waals surface area contributed by atoms with E-state index in [-0.39, 0.29) is 0 Å². The molecule has 0 unspecified atom stereocenters. The number of aromatic nitrogens is 1. The fourth-order valence-corrected chi connectivity index (χ4v) is 2.25. The lowest BCUT2D eigenvalue weighted by Crippen LogP contribution is -2.12. The van der Waals surface area contributed by atoms with Crippen molar-refractivity contribution in [2.75, 3.05) is 0 Å². The van der Waals surface area contributed by atoms with Crippen LogP contribution in [-0.4, -0.2) is 4.98 Å². The highest BCUT2D eigenvalue weighted by Gasteiger charge is 1.98. The van der Waals surface area contributed by atoms with Gasteiger partial charge in [0.2, 0.25) is 0 Å². The second-order valence-electron chi connectivity index (χ2n) is 3.78. The topological polar surface area (TPSA) is 48.7 Å². The van der Waals surface area contributed by atoms with Crippen LogP contribution < -0.4 is 5.32 Å². The third-order valence-electron chi connectivity index (χ3n) is 2.36. The van der Waals surface area contributed by atoms with E-state index in [1.54, 1.807) is 11.3 Å². The number of hydrogen-bond acceptors (Lipinski definition) is 4. The third kappa shape index (κ3) is 3.38. The molecule has 0 aliphatic heterocycles. The fourth-order valence-electron chi connectivity index (χ4n) is 1.49. The summed E-state index contributed by atoms with van der Waals surface area (Å²) in [4.78, 5) is 5.52. The van der Waals surface area contributed by atoms with E-state index in [0.717, 1.165) is 18.1 Å². The quantitative estimate of drug-likeness (QED) is 0.898. The molecule has 2 aromatic rings. The summed E-state index contributed by atoms with van der Waals surface area (Å²) in [5, 5.41) is 13.1. The van der Waals surface area contributed by atoms with E-state index in [2.05, 4.69) is 23.3 Å². The highest BCUT2D eigenvalue weighted by atomic mass is 32.1. The maximum absolute atomic E-state index is 8.68. The molecule has 0 bridgehead atoms. The van der Waals surface area contributed by atoms with Crippen LogP contribution in [0, 0.1) is 18.3 Å². The van der Waals surface area contributed by atoms with Crippen LogP contribution in [0.1, 0.15) is 21.0 Å². The second-order valence-corrected chi connectivity index (χ2v) is 5.10. The molecule has 0 spiro atoms. The normalized spacial score (nSPS) is 10.1. The first-order chi connectivity index (χ1) is 8.28. The maximum atomic E-state index is 8.68. The summed E-state index contributed by atoms with van der Waals surface area (Å²) in [7, 11) is 0. The van der Waals surface area contributed by atoms with Crippen molar-refractivity contribution >= 4 is 11.3 Å². The van der Waals surface area contributed by atoms with Gasteiger partial charge in [-0.15, -0.1) is 11.3 Å². The monoisotopic (exact) mass is 243 g/mol. The van der Waals surface area contributed by atoms with Gasteiger partial charge in [0.25, 0.3) is 0 Å². The Balaban J connectivity index is 1.84. The summed E-state index contributed by atoms with van der Waals surface area (Å²) >= 11 is 1.71. The zero-order valence-corrected chi connectivity index (χ0v) is 10.4. The van der Waals surface area contributed by atoms with Crippen molar-refractivity contribution in [3.63, 3.8) is 0 Å². The first kappa shape index (κ1) is 11.8. The van der Waals surface area contributed by atoms with Crippen LogP contribution in [0.4, 0.5) is 0 Å². The Kier molecular flexibility index (Phi) is 3.86. The Morgan fingerprint density at radius 2 is 2.06 bits per heavy atom. The summed E-state index contributed by atoms with van der Waals surface area (Å²) in [6.45, 7) is 3.64. The average Bonchev–Trinajstić information content (AvgIpc) is 2.76. The minimum Gasteiger partial charge on any atom is -0.306 e. The number of thiazole rings is 1. The van der Waals surface area contributed by atoms with Gasteiger partial charge >= 0.3 is 0 Å². The smallest absolute Gasteiger partial charge is 0.107 e. The standard InChI is InChI=1S/C13H13N3S/c1-10-7-16-13(17-10)9-15-8-12-4-2-11(6-14)3-5-12/h2-5,7,15H,8-9H2,1H3. The number of nitrogens with zero attached hydrogens (tertiary/aromatic N) is 2. The zero-order chi connectivity index (χ0) is 12.1. The van der Waals surface area contributed by atoms with E-state index >= 15 is 0 Å². The summed E-state index contributed by atoms with van der Waals surface area (Å²) in [5.74, 6) is 0. The predicted molar refractivity (Wildman–Crippen MR) is 68.6 cm³/mol. The van der Waals surface area contributed by atoms with Crippen molar-refractivity contribution in [2.45, 2.75) is 20.0 Å². The van der Waals surface area contributed by atoms with Crippen LogP contribution >= 0.6 is 11.3 Å². The Morgan fingerprint density at radius 1 is 1.29 bits per heavy atom. The molecule has 86 valence electrons. The van der Waals surface area contributed by atoms with Crippen molar-refractivity contribution in [1.29, 1.82) is 5.26 Å². The van der Waals surface area contributed by atoms with Crippen LogP contribution in [0.2, 0.25) is 0 Å². The van der Waals surface area contributed by atoms with E-state index in [1.165, 1.54) is 10.4 Å². The van der Waals surface area contributed by atoms with Crippen molar-refractivity contribution in [3.05, 3.63) is 51.5 Å². The maximum Gasteiger partial charge on any atom is 0.107 e. The van der Waals surface area contributed by atoms with Crippen molar-refractivity contribution in [2.24, 2.45) is 0 Å². The summed E-state index contributed by atoms with van der Waals surface area (Å²) < 4.78 is 0. The van der Waals surface area contributed by atoms with E-state index in [9.17, 15) is 0 Å². The minimum atomic E-state index is 0.698. The van der Waals surface area contributed by atoms with Crippen molar-refractivity contribution < 1.29 is 0 Å². The molecule has 0 radical (unpaired) electrons. The molecule has 0 aliphatic rings. The van der Waals surface area contributed by atoms with Crippen LogP contribution in [0.25, 0.3) is 0 Å². The molecule has 0 saturated carbocycles. The van der Waals surface area contributed by atoms with Crippen LogP contribution in [0.3, 0.4) is 0 Å². The number of benzene rings is 1. The van der Waals surface area contributed by atoms with Gasteiger partial charge in [-0.1, -0.05) is 12.1 Å². The number of nitrogens with one attached hydrogen (secondary N) is 1. The molecule has 1 heterocycles. The first-order valence-electron chi connectivity index (χ1n) is 5.39. The van der Waals surface area contributed by atoms with Gasteiger partial charge in [-0.25, -0.2) is 4.98 Å². The van der Waals surface area contributed by atoms with E-state index in [1.807, 2.05) is 30.5 Å². The van der Waals surface area contributed by atoms with Crippen LogP contribution in [0.5, 0.6) is 0 Å². The molecule has 2 rings (SSSR count). The van der Waals surface area contributed by atoms with Gasteiger partial charge in [0.15, 0.2) is 0 Å². The molecule has 0 fully saturated rings. The van der Waals surface area contributed by atoms with Crippen LogP contribution in [0.15, 0.2) is 30.5 Å². The number of aryl methyl sites for hydroxylation is 1. The summed E-state index contributed by atoms with van der Waals surface area (Å²) in [5.41, 5.74) is 1.88. The molecule has 0 amide bonds. The molecule has 1 aromatic heterocycles. The van der Waals surface area contributed by atoms with Crippen molar-refractivity contribution in [1.82, 2.24) is 10.3 Å². The predicted octanol–water partition coefficient (Wildman–Crippen LogP) is 2.61. The van der Waals surface area contributed by atoms with E-state index in [0.29, 0.717) is 5.56 Å². The number of hydrogen-bond donors (Lipinski definition) is 1. The molecule has 0 saturated heterocycles. The van der Waals surface area contributed by atoms with Gasteiger partial charge in [0, 0.05) is 24.2 Å². The van der Waals surface area contributed by atoms with E-state index < -0.39 is 0 Å². The van der Waals surface area contributed by atoms with Crippen molar-refractivity contribution in [3.8, 4) is 6.07 Å². The number of nitriles is 1. The highest BCUT2D eigenvalue weighted by Crippen LogP contribution is 2.10. The largest absolute Gasteiger partial charge is 0.306 e. The first-order valence-corrected chi connectivity index (χ1v) is 6.20. The lowest BCUT2D eigenvalue weighted by atomic mass is 10.1. The molecule has 1 aromatic carbocycles. The van der Waals surface area contributed by atoms with Gasteiger partial charge < -0.3 is 5.32 Å². The van der Waals surface area contributed by atoms with Gasteiger partial charge in [-0.2, -0.15) is 5.26 Å².